The molecule has 0 fully saturated rings. The molecule has 2 aromatic rings. The molecule has 0 unspecified atom stereocenters. The predicted octanol–water partition coefficient (Wildman–Crippen LogP) is 2.48. The first kappa shape index (κ1) is 11.7. The van der Waals surface area contributed by atoms with Crippen LogP contribution in [0, 0.1) is 13.8 Å². The lowest BCUT2D eigenvalue weighted by Crippen LogP contribution is -2.07. The average molecular weight is 227 g/mol. The van der Waals surface area contributed by atoms with Gasteiger partial charge in [0.25, 0.3) is 0 Å². The summed E-state index contributed by atoms with van der Waals surface area (Å²) in [6.45, 7) is 4.93. The quantitative estimate of drug-likeness (QED) is 0.875. The molecule has 88 valence electrons. The number of rotatable bonds is 3. The SMILES string of the molecule is CNCc1ccc(-c2cc(C)ccc2C)nn1. The van der Waals surface area contributed by atoms with Crippen LogP contribution in [0.25, 0.3) is 11.3 Å². The van der Waals surface area contributed by atoms with E-state index in [4.69, 9.17) is 0 Å². The number of hydrogen-bond donors (Lipinski definition) is 1. The van der Waals surface area contributed by atoms with Gasteiger partial charge in [-0.15, -0.1) is 0 Å². The summed E-state index contributed by atoms with van der Waals surface area (Å²) in [6, 6.07) is 10.4. The molecule has 0 aliphatic heterocycles. The van der Waals surface area contributed by atoms with Crippen LogP contribution < -0.4 is 5.32 Å². The fraction of sp³-hybridized carbons (Fsp3) is 0.286. The smallest absolute Gasteiger partial charge is 0.0932 e. The lowest BCUT2D eigenvalue weighted by atomic mass is 10.0. The lowest BCUT2D eigenvalue weighted by molar-refractivity contribution is 0.768. The number of aryl methyl sites for hydroxylation is 2. The van der Waals surface area contributed by atoms with Crippen LogP contribution in [0.15, 0.2) is 30.3 Å². The first-order valence-electron chi connectivity index (χ1n) is 5.75. The van der Waals surface area contributed by atoms with Crippen molar-refractivity contribution in [1.29, 1.82) is 0 Å². The van der Waals surface area contributed by atoms with E-state index >= 15 is 0 Å². The molecule has 0 aliphatic rings. The molecule has 0 spiro atoms. The number of hydrogen-bond acceptors (Lipinski definition) is 3. The van der Waals surface area contributed by atoms with Crippen molar-refractivity contribution >= 4 is 0 Å². The van der Waals surface area contributed by atoms with Gasteiger partial charge >= 0.3 is 0 Å². The Morgan fingerprint density at radius 3 is 2.53 bits per heavy atom. The highest BCUT2D eigenvalue weighted by molar-refractivity contribution is 5.63. The van der Waals surface area contributed by atoms with E-state index in [1.165, 1.54) is 11.1 Å². The van der Waals surface area contributed by atoms with Gasteiger partial charge < -0.3 is 5.32 Å². The van der Waals surface area contributed by atoms with Crippen LogP contribution in [0.3, 0.4) is 0 Å². The van der Waals surface area contributed by atoms with Crippen LogP contribution in [0.4, 0.5) is 0 Å². The van der Waals surface area contributed by atoms with Crippen molar-refractivity contribution in [1.82, 2.24) is 15.5 Å². The summed E-state index contributed by atoms with van der Waals surface area (Å²) in [5.74, 6) is 0. The Balaban J connectivity index is 2.36. The zero-order valence-electron chi connectivity index (χ0n) is 10.5. The highest BCUT2D eigenvalue weighted by Crippen LogP contribution is 2.21. The molecule has 2 rings (SSSR count). The van der Waals surface area contributed by atoms with Crippen LogP contribution >= 0.6 is 0 Å². The molecule has 0 amide bonds. The maximum absolute atomic E-state index is 4.28. The van der Waals surface area contributed by atoms with Gasteiger partial charge in [0.1, 0.15) is 0 Å². The largest absolute Gasteiger partial charge is 0.314 e. The summed E-state index contributed by atoms with van der Waals surface area (Å²) in [4.78, 5) is 0. The molecule has 1 aromatic heterocycles. The van der Waals surface area contributed by atoms with Crippen molar-refractivity contribution in [2.75, 3.05) is 7.05 Å². The second kappa shape index (κ2) is 5.06. The summed E-state index contributed by atoms with van der Waals surface area (Å²) >= 11 is 0. The van der Waals surface area contributed by atoms with E-state index in [9.17, 15) is 0 Å². The summed E-state index contributed by atoms with van der Waals surface area (Å²) in [5.41, 5.74) is 5.53. The first-order valence-corrected chi connectivity index (χ1v) is 5.75. The highest BCUT2D eigenvalue weighted by Gasteiger charge is 2.04. The van der Waals surface area contributed by atoms with Gasteiger partial charge in [-0.2, -0.15) is 10.2 Å². The van der Waals surface area contributed by atoms with Crippen LogP contribution in [0.2, 0.25) is 0 Å². The highest BCUT2D eigenvalue weighted by atomic mass is 15.1. The van der Waals surface area contributed by atoms with Gasteiger partial charge in [-0.3, -0.25) is 0 Å². The maximum atomic E-state index is 4.28. The van der Waals surface area contributed by atoms with E-state index < -0.39 is 0 Å². The summed E-state index contributed by atoms with van der Waals surface area (Å²) in [6.07, 6.45) is 0. The van der Waals surface area contributed by atoms with Crippen LogP contribution in [-0.2, 0) is 6.54 Å². The Labute approximate surface area is 102 Å². The molecule has 3 nitrogen and oxygen atoms in total. The molecular formula is C14H17N3. The Morgan fingerprint density at radius 1 is 1.06 bits per heavy atom. The van der Waals surface area contributed by atoms with Crippen molar-refractivity contribution in [3.63, 3.8) is 0 Å². The van der Waals surface area contributed by atoms with Gasteiger partial charge in [0.2, 0.25) is 0 Å². The van der Waals surface area contributed by atoms with Gasteiger partial charge in [-0.25, -0.2) is 0 Å². The van der Waals surface area contributed by atoms with Crippen molar-refractivity contribution in [2.45, 2.75) is 20.4 Å². The van der Waals surface area contributed by atoms with E-state index in [1.54, 1.807) is 0 Å². The van der Waals surface area contributed by atoms with Gasteiger partial charge in [0.05, 0.1) is 11.4 Å². The number of nitrogens with zero attached hydrogens (tertiary/aromatic N) is 2. The van der Waals surface area contributed by atoms with Crippen LogP contribution in [0.5, 0.6) is 0 Å². The average Bonchev–Trinajstić information content (AvgIpc) is 2.34. The zero-order chi connectivity index (χ0) is 12.3. The lowest BCUT2D eigenvalue weighted by Gasteiger charge is -2.06. The minimum atomic E-state index is 0.750. The molecule has 0 saturated carbocycles. The third kappa shape index (κ3) is 2.68. The van der Waals surface area contributed by atoms with Gasteiger partial charge in [-0.1, -0.05) is 17.7 Å². The number of aromatic nitrogens is 2. The third-order valence-electron chi connectivity index (χ3n) is 2.75. The Kier molecular flexibility index (Phi) is 3.49. The van der Waals surface area contributed by atoms with Crippen molar-refractivity contribution in [3.8, 4) is 11.3 Å². The van der Waals surface area contributed by atoms with Gasteiger partial charge in [0.15, 0.2) is 0 Å². The molecular weight excluding hydrogens is 210 g/mol. The molecule has 0 aliphatic carbocycles. The third-order valence-corrected chi connectivity index (χ3v) is 2.75. The van der Waals surface area contributed by atoms with E-state index in [0.717, 1.165) is 23.5 Å². The summed E-state index contributed by atoms with van der Waals surface area (Å²) in [7, 11) is 1.90. The fourth-order valence-corrected chi connectivity index (χ4v) is 1.79. The van der Waals surface area contributed by atoms with Crippen LogP contribution in [-0.4, -0.2) is 17.2 Å². The molecule has 1 heterocycles. The normalized spacial score (nSPS) is 10.5. The second-order valence-corrected chi connectivity index (χ2v) is 4.26. The number of benzene rings is 1. The molecule has 3 heteroatoms. The maximum Gasteiger partial charge on any atom is 0.0932 e. The molecule has 1 N–H and O–H groups in total. The minimum absolute atomic E-state index is 0.750. The van der Waals surface area contributed by atoms with E-state index in [-0.39, 0.29) is 0 Å². The first-order chi connectivity index (χ1) is 8.20. The molecule has 0 bridgehead atoms. The van der Waals surface area contributed by atoms with Crippen LogP contribution in [0.1, 0.15) is 16.8 Å². The molecule has 17 heavy (non-hydrogen) atoms. The van der Waals surface area contributed by atoms with Crippen molar-refractivity contribution < 1.29 is 0 Å². The molecule has 0 radical (unpaired) electrons. The standard InChI is InChI=1S/C14H17N3/c1-10-4-5-11(2)13(8-10)14-7-6-12(9-15-3)16-17-14/h4-8,15H,9H2,1-3H3. The minimum Gasteiger partial charge on any atom is -0.314 e. The fourth-order valence-electron chi connectivity index (χ4n) is 1.79. The molecule has 0 atom stereocenters. The van der Waals surface area contributed by atoms with E-state index in [0.29, 0.717) is 0 Å². The Hall–Kier alpha value is -1.74. The van der Waals surface area contributed by atoms with Gasteiger partial charge in [0, 0.05) is 12.1 Å². The summed E-state index contributed by atoms with van der Waals surface area (Å²) in [5, 5.41) is 11.5. The summed E-state index contributed by atoms with van der Waals surface area (Å²) < 4.78 is 0. The van der Waals surface area contributed by atoms with Crippen molar-refractivity contribution in [2.24, 2.45) is 0 Å². The monoisotopic (exact) mass is 227 g/mol. The molecule has 1 aromatic carbocycles. The topological polar surface area (TPSA) is 37.8 Å². The van der Waals surface area contributed by atoms with Crippen molar-refractivity contribution in [3.05, 3.63) is 47.2 Å². The molecule has 0 saturated heterocycles. The predicted molar refractivity (Wildman–Crippen MR) is 69.7 cm³/mol. The zero-order valence-corrected chi connectivity index (χ0v) is 10.5. The Morgan fingerprint density at radius 2 is 1.88 bits per heavy atom. The second-order valence-electron chi connectivity index (χ2n) is 4.26. The Bertz CT molecular complexity index is 503. The number of nitrogens with one attached hydrogen (secondary N) is 1. The van der Waals surface area contributed by atoms with E-state index in [2.05, 4.69) is 47.6 Å². The van der Waals surface area contributed by atoms with E-state index in [1.807, 2.05) is 19.2 Å². The van der Waals surface area contributed by atoms with Gasteiger partial charge in [-0.05, 0) is 44.7 Å².